The van der Waals surface area contributed by atoms with Gasteiger partial charge >= 0.3 is 6.09 Å². The molecular weight excluding hydrogens is 322 g/mol. The van der Waals surface area contributed by atoms with Gasteiger partial charge in [-0.1, -0.05) is 12.1 Å². The van der Waals surface area contributed by atoms with Gasteiger partial charge in [0, 0.05) is 26.2 Å². The molecule has 0 bridgehead atoms. The molecule has 0 saturated carbocycles. The average molecular weight is 347 g/mol. The molecule has 1 unspecified atom stereocenters. The van der Waals surface area contributed by atoms with Crippen molar-refractivity contribution in [2.24, 2.45) is 5.92 Å². The third kappa shape index (κ3) is 4.22. The Bertz CT molecular complexity index is 616. The van der Waals surface area contributed by atoms with E-state index in [2.05, 4.69) is 10.2 Å². The Kier molecular flexibility index (Phi) is 5.75. The molecule has 2 amide bonds. The number of carbonyl (C=O) groups excluding carboxylic acids is 2. The maximum absolute atomic E-state index is 12.7. The molecule has 2 aliphatic rings. The molecule has 0 aromatic heterocycles. The summed E-state index contributed by atoms with van der Waals surface area (Å²) in [5.74, 6) is -0.264. The first-order chi connectivity index (χ1) is 12.2. The van der Waals surface area contributed by atoms with Gasteiger partial charge in [-0.15, -0.1) is 0 Å². The Morgan fingerprint density at radius 3 is 2.72 bits per heavy atom. The zero-order valence-corrected chi connectivity index (χ0v) is 14.6. The van der Waals surface area contributed by atoms with Crippen molar-refractivity contribution in [1.82, 2.24) is 4.90 Å². The van der Waals surface area contributed by atoms with Crippen LogP contribution in [0.2, 0.25) is 0 Å². The van der Waals surface area contributed by atoms with Gasteiger partial charge in [-0.2, -0.15) is 0 Å². The first-order valence-electron chi connectivity index (χ1n) is 8.74. The SMILES string of the molecule is COC(=O)N1CCCC(C(=O)Nc2ccccc2N2CCOCC2)C1. The van der Waals surface area contributed by atoms with Gasteiger partial charge in [0.1, 0.15) is 0 Å². The van der Waals surface area contributed by atoms with Crippen LogP contribution >= 0.6 is 0 Å². The van der Waals surface area contributed by atoms with Gasteiger partial charge in [-0.3, -0.25) is 4.79 Å². The Morgan fingerprint density at radius 2 is 1.96 bits per heavy atom. The lowest BCUT2D eigenvalue weighted by atomic mass is 9.97. The molecule has 2 heterocycles. The van der Waals surface area contributed by atoms with Crippen LogP contribution < -0.4 is 10.2 Å². The summed E-state index contributed by atoms with van der Waals surface area (Å²) in [5.41, 5.74) is 1.82. The highest BCUT2D eigenvalue weighted by Gasteiger charge is 2.29. The number of hydrogen-bond donors (Lipinski definition) is 1. The van der Waals surface area contributed by atoms with E-state index in [1.54, 1.807) is 4.90 Å². The second-order valence-electron chi connectivity index (χ2n) is 6.36. The minimum atomic E-state index is -0.369. The summed E-state index contributed by atoms with van der Waals surface area (Å²) in [4.78, 5) is 28.3. The summed E-state index contributed by atoms with van der Waals surface area (Å²) < 4.78 is 10.2. The van der Waals surface area contributed by atoms with E-state index in [-0.39, 0.29) is 17.9 Å². The number of para-hydroxylation sites is 2. The number of likely N-dealkylation sites (tertiary alicyclic amines) is 1. The maximum atomic E-state index is 12.7. The van der Waals surface area contributed by atoms with E-state index in [0.717, 1.165) is 37.3 Å². The largest absolute Gasteiger partial charge is 0.453 e. The molecule has 1 N–H and O–H groups in total. The Labute approximate surface area is 147 Å². The van der Waals surface area contributed by atoms with Crippen LogP contribution in [0.25, 0.3) is 0 Å². The molecule has 0 radical (unpaired) electrons. The van der Waals surface area contributed by atoms with Crippen LogP contribution in [-0.4, -0.2) is 63.4 Å². The fourth-order valence-corrected chi connectivity index (χ4v) is 3.38. The number of hydrogen-bond acceptors (Lipinski definition) is 5. The Balaban J connectivity index is 1.67. The van der Waals surface area contributed by atoms with E-state index in [0.29, 0.717) is 26.3 Å². The van der Waals surface area contributed by atoms with Crippen molar-refractivity contribution in [1.29, 1.82) is 0 Å². The zero-order chi connectivity index (χ0) is 17.6. The second kappa shape index (κ2) is 8.20. The number of amides is 2. The van der Waals surface area contributed by atoms with Crippen molar-refractivity contribution < 1.29 is 19.1 Å². The van der Waals surface area contributed by atoms with Crippen LogP contribution in [0.1, 0.15) is 12.8 Å². The predicted molar refractivity (Wildman–Crippen MR) is 94.8 cm³/mol. The number of piperidine rings is 1. The number of nitrogens with zero attached hydrogens (tertiary/aromatic N) is 2. The minimum absolute atomic E-state index is 0.0469. The third-order valence-corrected chi connectivity index (χ3v) is 4.74. The van der Waals surface area contributed by atoms with Gasteiger partial charge in [0.25, 0.3) is 0 Å². The van der Waals surface area contributed by atoms with E-state index in [1.165, 1.54) is 7.11 Å². The van der Waals surface area contributed by atoms with Gasteiger partial charge < -0.3 is 24.6 Å². The van der Waals surface area contributed by atoms with Gasteiger partial charge in [-0.05, 0) is 25.0 Å². The lowest BCUT2D eigenvalue weighted by molar-refractivity contribution is -0.121. The molecule has 7 nitrogen and oxygen atoms in total. The third-order valence-electron chi connectivity index (χ3n) is 4.74. The van der Waals surface area contributed by atoms with Crippen molar-refractivity contribution in [2.45, 2.75) is 12.8 Å². The van der Waals surface area contributed by atoms with Crippen LogP contribution in [0.4, 0.5) is 16.2 Å². The Morgan fingerprint density at radius 1 is 1.20 bits per heavy atom. The second-order valence-corrected chi connectivity index (χ2v) is 6.36. The maximum Gasteiger partial charge on any atom is 0.409 e. The Hall–Kier alpha value is -2.28. The van der Waals surface area contributed by atoms with Crippen molar-refractivity contribution >= 4 is 23.4 Å². The zero-order valence-electron chi connectivity index (χ0n) is 14.6. The standard InChI is InChI=1S/C18H25N3O4/c1-24-18(23)21-8-4-5-14(13-21)17(22)19-15-6-2-3-7-16(15)20-9-11-25-12-10-20/h2-3,6-7,14H,4-5,8-13H2,1H3,(H,19,22). The number of benzene rings is 1. The molecule has 0 aliphatic carbocycles. The van der Waals surface area contributed by atoms with Crippen molar-refractivity contribution in [2.75, 3.05) is 56.7 Å². The van der Waals surface area contributed by atoms with E-state index in [1.807, 2.05) is 24.3 Å². The van der Waals surface area contributed by atoms with Crippen molar-refractivity contribution in [3.8, 4) is 0 Å². The molecule has 0 spiro atoms. The van der Waals surface area contributed by atoms with Crippen LogP contribution in [0.5, 0.6) is 0 Å². The molecule has 3 rings (SSSR count). The van der Waals surface area contributed by atoms with E-state index in [4.69, 9.17) is 9.47 Å². The highest BCUT2D eigenvalue weighted by atomic mass is 16.5. The number of ether oxygens (including phenoxy) is 2. The summed E-state index contributed by atoms with van der Waals surface area (Å²) in [6.07, 6.45) is 1.21. The molecule has 7 heteroatoms. The summed E-state index contributed by atoms with van der Waals surface area (Å²) in [6, 6.07) is 7.83. The molecule has 2 aliphatic heterocycles. The molecule has 1 atom stereocenters. The monoisotopic (exact) mass is 347 g/mol. The molecule has 1 aromatic carbocycles. The first kappa shape index (κ1) is 17.5. The topological polar surface area (TPSA) is 71.1 Å². The number of carbonyl (C=O) groups is 2. The molecule has 2 saturated heterocycles. The summed E-state index contributed by atoms with van der Waals surface area (Å²) >= 11 is 0. The van der Waals surface area contributed by atoms with Crippen molar-refractivity contribution in [3.05, 3.63) is 24.3 Å². The molecular formula is C18H25N3O4. The van der Waals surface area contributed by atoms with Crippen molar-refractivity contribution in [3.63, 3.8) is 0 Å². The molecule has 136 valence electrons. The van der Waals surface area contributed by atoms with E-state index < -0.39 is 0 Å². The quantitative estimate of drug-likeness (QED) is 0.905. The molecule has 25 heavy (non-hydrogen) atoms. The lowest BCUT2D eigenvalue weighted by Gasteiger charge is -2.32. The summed E-state index contributed by atoms with van der Waals surface area (Å²) in [5, 5.41) is 3.05. The lowest BCUT2D eigenvalue weighted by Crippen LogP contribution is -2.44. The normalized spacial score (nSPS) is 20.9. The van der Waals surface area contributed by atoms with E-state index in [9.17, 15) is 9.59 Å². The summed E-state index contributed by atoms with van der Waals surface area (Å²) in [6.45, 7) is 4.05. The molecule has 1 aromatic rings. The van der Waals surface area contributed by atoms with Gasteiger partial charge in [0.05, 0.1) is 37.6 Å². The van der Waals surface area contributed by atoms with Crippen LogP contribution in [0, 0.1) is 5.92 Å². The van der Waals surface area contributed by atoms with Gasteiger partial charge in [0.2, 0.25) is 5.91 Å². The number of rotatable bonds is 3. The summed E-state index contributed by atoms with van der Waals surface area (Å²) in [7, 11) is 1.37. The molecule has 2 fully saturated rings. The predicted octanol–water partition coefficient (Wildman–Crippen LogP) is 1.94. The highest BCUT2D eigenvalue weighted by molar-refractivity contribution is 5.96. The minimum Gasteiger partial charge on any atom is -0.453 e. The smallest absolute Gasteiger partial charge is 0.409 e. The van der Waals surface area contributed by atoms with Gasteiger partial charge in [0.15, 0.2) is 0 Å². The number of nitrogens with one attached hydrogen (secondary N) is 1. The fraction of sp³-hybridized carbons (Fsp3) is 0.556. The number of morpholine rings is 1. The van der Waals surface area contributed by atoms with Gasteiger partial charge in [-0.25, -0.2) is 4.79 Å². The van der Waals surface area contributed by atoms with Crippen LogP contribution in [0.3, 0.4) is 0 Å². The number of anilines is 2. The van der Waals surface area contributed by atoms with Crippen LogP contribution in [0.15, 0.2) is 24.3 Å². The first-order valence-corrected chi connectivity index (χ1v) is 8.74. The average Bonchev–Trinajstić information content (AvgIpc) is 2.68. The number of methoxy groups -OCH3 is 1. The van der Waals surface area contributed by atoms with E-state index >= 15 is 0 Å². The highest BCUT2D eigenvalue weighted by Crippen LogP contribution is 2.28. The van der Waals surface area contributed by atoms with Crippen LogP contribution in [-0.2, 0) is 14.3 Å². The fourth-order valence-electron chi connectivity index (χ4n) is 3.38.